The van der Waals surface area contributed by atoms with Crippen LogP contribution in [0, 0.1) is 0 Å². The summed E-state index contributed by atoms with van der Waals surface area (Å²) in [6, 6.07) is 0. The van der Waals surface area contributed by atoms with Crippen molar-refractivity contribution in [3.63, 3.8) is 0 Å². The van der Waals surface area contributed by atoms with Crippen LogP contribution in [0.3, 0.4) is 0 Å². The molecular formula is C3HClF3NO2. The second-order valence-electron chi connectivity index (χ2n) is 1.23. The molecule has 0 atom stereocenters. The zero-order valence-electron chi connectivity index (χ0n) is 4.33. The molecule has 0 aromatic rings. The first-order chi connectivity index (χ1) is 4.33. The molecule has 0 saturated heterocycles. The third kappa shape index (κ3) is 4.13. The Morgan fingerprint density at radius 1 is 1.30 bits per heavy atom. The van der Waals surface area contributed by atoms with Gasteiger partial charge in [0.05, 0.1) is 0 Å². The Balaban J connectivity index is 3.93. The predicted octanol–water partition coefficient (Wildman–Crippen LogP) is 0.388. The minimum absolute atomic E-state index is 0.398. The molecule has 0 aliphatic heterocycles. The van der Waals surface area contributed by atoms with Crippen LogP contribution in [-0.4, -0.2) is 17.4 Å². The van der Waals surface area contributed by atoms with Crippen LogP contribution >= 0.6 is 11.6 Å². The maximum atomic E-state index is 11.1. The van der Waals surface area contributed by atoms with Crippen molar-refractivity contribution in [3.8, 4) is 0 Å². The summed E-state index contributed by atoms with van der Waals surface area (Å²) in [5, 5.41) is -1.30. The normalized spacial score (nSPS) is 10.8. The lowest BCUT2D eigenvalue weighted by Crippen LogP contribution is -2.39. The molecule has 0 aliphatic rings. The third-order valence-corrected chi connectivity index (χ3v) is 0.605. The fraction of sp³-hybridized carbons (Fsp3) is 0.333. The van der Waals surface area contributed by atoms with E-state index in [0.717, 1.165) is 0 Å². The Morgan fingerprint density at radius 2 is 1.70 bits per heavy atom. The molecule has 0 aliphatic carbocycles. The number of rotatable bonds is 1. The Hall–Kier alpha value is -0.780. The number of amides is 1. The molecule has 0 heterocycles. The van der Waals surface area contributed by atoms with Crippen LogP contribution in [0.15, 0.2) is 0 Å². The first kappa shape index (κ1) is 9.22. The number of carbonyl (C=O) groups excluding carboxylic acids is 2. The standard InChI is InChI=1S/C3HClF3NO2/c4-1(9)2(10)8-3(5,6)7/h(H,8,10). The highest BCUT2D eigenvalue weighted by molar-refractivity contribution is 6.80. The summed E-state index contributed by atoms with van der Waals surface area (Å²) in [7, 11) is 0. The highest BCUT2D eigenvalue weighted by Crippen LogP contribution is 2.08. The van der Waals surface area contributed by atoms with Gasteiger partial charge in [-0.25, -0.2) is 0 Å². The van der Waals surface area contributed by atoms with Crippen LogP contribution in [-0.2, 0) is 9.59 Å². The van der Waals surface area contributed by atoms with Gasteiger partial charge in [-0.2, -0.15) is 13.2 Å². The molecule has 1 N–H and O–H groups in total. The molecule has 3 nitrogen and oxygen atoms in total. The van der Waals surface area contributed by atoms with Gasteiger partial charge in [-0.15, -0.1) is 0 Å². The van der Waals surface area contributed by atoms with Gasteiger partial charge >= 0.3 is 17.4 Å². The van der Waals surface area contributed by atoms with Crippen LogP contribution in [0.2, 0.25) is 0 Å². The number of alkyl halides is 3. The van der Waals surface area contributed by atoms with E-state index < -0.39 is 17.4 Å². The lowest BCUT2D eigenvalue weighted by Gasteiger charge is -2.03. The number of carbonyl (C=O) groups is 2. The smallest absolute Gasteiger partial charge is 0.270 e. The molecule has 10 heavy (non-hydrogen) atoms. The Bertz CT molecular complexity index is 166. The summed E-state index contributed by atoms with van der Waals surface area (Å²) < 4.78 is 33.4. The van der Waals surface area contributed by atoms with E-state index in [1.807, 2.05) is 0 Å². The van der Waals surface area contributed by atoms with Gasteiger partial charge in [-0.1, -0.05) is 0 Å². The maximum Gasteiger partial charge on any atom is 0.484 e. The highest BCUT2D eigenvalue weighted by Gasteiger charge is 2.32. The van der Waals surface area contributed by atoms with E-state index in [0.29, 0.717) is 5.32 Å². The van der Waals surface area contributed by atoms with E-state index in [9.17, 15) is 22.8 Å². The maximum absolute atomic E-state index is 11.1. The average Bonchev–Trinajstić information content (AvgIpc) is 1.60. The van der Waals surface area contributed by atoms with Crippen LogP contribution in [0.5, 0.6) is 0 Å². The van der Waals surface area contributed by atoms with Gasteiger partial charge in [-0.3, -0.25) is 14.9 Å². The fourth-order valence-corrected chi connectivity index (χ4v) is 0.225. The zero-order chi connectivity index (χ0) is 8.36. The van der Waals surface area contributed by atoms with E-state index in [1.165, 1.54) is 0 Å². The lowest BCUT2D eigenvalue weighted by molar-refractivity contribution is -0.171. The molecule has 0 aromatic carbocycles. The third-order valence-electron chi connectivity index (χ3n) is 0.434. The van der Waals surface area contributed by atoms with E-state index >= 15 is 0 Å². The second-order valence-corrected chi connectivity index (χ2v) is 1.57. The van der Waals surface area contributed by atoms with Crippen LogP contribution in [0.1, 0.15) is 0 Å². The van der Waals surface area contributed by atoms with Crippen LogP contribution in [0.25, 0.3) is 0 Å². The van der Waals surface area contributed by atoms with Crippen molar-refractivity contribution in [2.24, 2.45) is 0 Å². The van der Waals surface area contributed by atoms with Gasteiger partial charge < -0.3 is 0 Å². The van der Waals surface area contributed by atoms with Crippen molar-refractivity contribution in [2.45, 2.75) is 6.30 Å². The van der Waals surface area contributed by atoms with Gasteiger partial charge in [0.25, 0.3) is 0 Å². The number of halogens is 4. The molecule has 0 bridgehead atoms. The molecule has 0 rings (SSSR count). The SMILES string of the molecule is O=C(Cl)C(=O)NC(F)(F)F. The number of hydrogen-bond acceptors (Lipinski definition) is 2. The van der Waals surface area contributed by atoms with Gasteiger partial charge in [0.1, 0.15) is 0 Å². The monoisotopic (exact) mass is 175 g/mol. The first-order valence-corrected chi connectivity index (χ1v) is 2.29. The molecular weight excluding hydrogens is 174 g/mol. The predicted molar refractivity (Wildman–Crippen MR) is 25.1 cm³/mol. The summed E-state index contributed by atoms with van der Waals surface area (Å²) in [6.07, 6.45) is -4.90. The molecule has 0 unspecified atom stereocenters. The van der Waals surface area contributed by atoms with Crippen molar-refractivity contribution < 1.29 is 22.8 Å². The van der Waals surface area contributed by atoms with Gasteiger partial charge in [0.2, 0.25) is 0 Å². The minimum Gasteiger partial charge on any atom is -0.270 e. The summed E-state index contributed by atoms with van der Waals surface area (Å²) in [4.78, 5) is 19.5. The summed E-state index contributed by atoms with van der Waals surface area (Å²) >= 11 is 4.38. The van der Waals surface area contributed by atoms with Crippen LogP contribution in [0.4, 0.5) is 13.2 Å². The van der Waals surface area contributed by atoms with Crippen molar-refractivity contribution in [2.75, 3.05) is 0 Å². The van der Waals surface area contributed by atoms with Crippen molar-refractivity contribution in [1.29, 1.82) is 0 Å². The fourth-order valence-electron chi connectivity index (χ4n) is 0.178. The topological polar surface area (TPSA) is 46.2 Å². The molecule has 0 radical (unpaired) electrons. The summed E-state index contributed by atoms with van der Waals surface area (Å²) in [5.41, 5.74) is 0. The molecule has 58 valence electrons. The van der Waals surface area contributed by atoms with Crippen LogP contribution < -0.4 is 5.32 Å². The first-order valence-electron chi connectivity index (χ1n) is 1.91. The van der Waals surface area contributed by atoms with Gasteiger partial charge in [0, 0.05) is 0 Å². The Kier molecular flexibility index (Phi) is 2.65. The lowest BCUT2D eigenvalue weighted by atomic mass is 10.7. The molecule has 0 spiro atoms. The molecule has 0 saturated carbocycles. The van der Waals surface area contributed by atoms with Crippen molar-refractivity contribution in [1.82, 2.24) is 5.32 Å². The van der Waals surface area contributed by atoms with E-state index in [4.69, 9.17) is 0 Å². The van der Waals surface area contributed by atoms with Crippen molar-refractivity contribution >= 4 is 22.8 Å². The quantitative estimate of drug-likeness (QED) is 0.356. The molecule has 1 amide bonds. The molecule has 0 fully saturated rings. The highest BCUT2D eigenvalue weighted by atomic mass is 35.5. The van der Waals surface area contributed by atoms with Crippen molar-refractivity contribution in [3.05, 3.63) is 0 Å². The Labute approximate surface area is 58.1 Å². The summed E-state index contributed by atoms with van der Waals surface area (Å²) in [5.74, 6) is -1.88. The summed E-state index contributed by atoms with van der Waals surface area (Å²) in [6.45, 7) is 0. The van der Waals surface area contributed by atoms with E-state index in [2.05, 4.69) is 11.6 Å². The number of nitrogens with one attached hydrogen (secondary N) is 1. The van der Waals surface area contributed by atoms with E-state index in [1.54, 1.807) is 0 Å². The number of hydrogen-bond donors (Lipinski definition) is 1. The van der Waals surface area contributed by atoms with Gasteiger partial charge in [0.15, 0.2) is 0 Å². The van der Waals surface area contributed by atoms with E-state index in [-0.39, 0.29) is 0 Å². The second kappa shape index (κ2) is 2.87. The zero-order valence-corrected chi connectivity index (χ0v) is 5.08. The van der Waals surface area contributed by atoms with Gasteiger partial charge in [-0.05, 0) is 11.6 Å². The minimum atomic E-state index is -4.90. The average molecular weight is 175 g/mol. The molecule has 0 aromatic heterocycles. The Morgan fingerprint density at radius 3 is 1.80 bits per heavy atom. The largest absolute Gasteiger partial charge is 0.484 e. The molecule has 7 heteroatoms.